The van der Waals surface area contributed by atoms with E-state index in [1.807, 2.05) is 13.8 Å². The lowest BCUT2D eigenvalue weighted by atomic mass is 9.50. The number of allylic oxidation sites excluding steroid dienone is 5. The van der Waals surface area contributed by atoms with Crippen LogP contribution in [0.5, 0.6) is 0 Å². The molecule has 3 rings (SSSR count). The van der Waals surface area contributed by atoms with Crippen molar-refractivity contribution in [1.29, 1.82) is 0 Å². The topological polar surface area (TPSA) is 54.4 Å². The average Bonchev–Trinajstić information content (AvgIpc) is 2.43. The van der Waals surface area contributed by atoms with E-state index >= 15 is 0 Å². The van der Waals surface area contributed by atoms with Gasteiger partial charge in [-0.2, -0.15) is 0 Å². The molecule has 0 aliphatic heterocycles. The summed E-state index contributed by atoms with van der Waals surface area (Å²) in [5.74, 6) is -0.658. The van der Waals surface area contributed by atoms with Crippen LogP contribution in [0, 0.1) is 22.7 Å². The van der Waals surface area contributed by atoms with Crippen molar-refractivity contribution < 1.29 is 14.7 Å². The van der Waals surface area contributed by atoms with Crippen LogP contribution >= 0.6 is 0 Å². The van der Waals surface area contributed by atoms with E-state index in [1.165, 1.54) is 0 Å². The van der Waals surface area contributed by atoms with Crippen LogP contribution in [-0.4, -0.2) is 16.7 Å². The first-order chi connectivity index (χ1) is 10.6. The standard InChI is InChI=1S/C20H26O3/c1-11(2)14-16(21)12-7-8-13-19(3,4)9-6-10-20(13,5)15(12)18(23)17(14)22/h6,9,11,13,21H,7-8,10H2,1-5H3/t13-,20+/m0/s1. The normalized spacial score (nSPS) is 33.2. The van der Waals surface area contributed by atoms with Gasteiger partial charge in [-0.3, -0.25) is 9.59 Å². The molecule has 0 unspecified atom stereocenters. The molecule has 0 spiro atoms. The first-order valence-electron chi connectivity index (χ1n) is 8.55. The first-order valence-corrected chi connectivity index (χ1v) is 8.55. The van der Waals surface area contributed by atoms with E-state index < -0.39 is 5.78 Å². The Labute approximate surface area is 138 Å². The Balaban J connectivity index is 2.24. The quantitative estimate of drug-likeness (QED) is 0.446. The molecule has 0 fully saturated rings. The van der Waals surface area contributed by atoms with Crippen molar-refractivity contribution in [2.45, 2.75) is 53.9 Å². The summed E-state index contributed by atoms with van der Waals surface area (Å²) in [6, 6.07) is 0. The molecule has 3 aliphatic carbocycles. The van der Waals surface area contributed by atoms with Crippen molar-refractivity contribution >= 4 is 11.6 Å². The largest absolute Gasteiger partial charge is 0.507 e. The van der Waals surface area contributed by atoms with Crippen molar-refractivity contribution in [3.63, 3.8) is 0 Å². The lowest BCUT2D eigenvalue weighted by Gasteiger charge is -2.52. The molecular weight excluding hydrogens is 288 g/mol. The predicted octanol–water partition coefficient (Wildman–Crippen LogP) is 4.31. The fourth-order valence-corrected chi connectivity index (χ4v) is 5.09. The molecule has 124 valence electrons. The molecule has 3 aliphatic rings. The third-order valence-electron chi connectivity index (χ3n) is 6.11. The van der Waals surface area contributed by atoms with E-state index in [0.29, 0.717) is 23.5 Å². The van der Waals surface area contributed by atoms with Gasteiger partial charge in [0.15, 0.2) is 0 Å². The number of aliphatic hydroxyl groups excluding tert-OH is 1. The zero-order chi connectivity index (χ0) is 17.2. The summed E-state index contributed by atoms with van der Waals surface area (Å²) in [6.07, 6.45) is 6.72. The molecule has 0 aromatic heterocycles. The summed E-state index contributed by atoms with van der Waals surface area (Å²) in [7, 11) is 0. The monoisotopic (exact) mass is 314 g/mol. The highest BCUT2D eigenvalue weighted by Crippen LogP contribution is 2.59. The maximum Gasteiger partial charge on any atom is 0.233 e. The van der Waals surface area contributed by atoms with Crippen LogP contribution in [0.3, 0.4) is 0 Å². The highest BCUT2D eigenvalue weighted by atomic mass is 16.3. The van der Waals surface area contributed by atoms with Crippen LogP contribution < -0.4 is 0 Å². The zero-order valence-corrected chi connectivity index (χ0v) is 14.7. The fourth-order valence-electron chi connectivity index (χ4n) is 5.09. The number of ketones is 2. The van der Waals surface area contributed by atoms with E-state index in [4.69, 9.17) is 0 Å². The van der Waals surface area contributed by atoms with Gasteiger partial charge in [0.1, 0.15) is 5.76 Å². The van der Waals surface area contributed by atoms with Gasteiger partial charge in [-0.1, -0.05) is 46.8 Å². The smallest absolute Gasteiger partial charge is 0.233 e. The van der Waals surface area contributed by atoms with Crippen molar-refractivity contribution in [1.82, 2.24) is 0 Å². The molecule has 0 bridgehead atoms. The van der Waals surface area contributed by atoms with Crippen LogP contribution in [0.25, 0.3) is 0 Å². The van der Waals surface area contributed by atoms with Crippen molar-refractivity contribution in [3.05, 3.63) is 34.6 Å². The number of carbonyl (C=O) groups excluding carboxylic acids is 2. The highest BCUT2D eigenvalue weighted by molar-refractivity contribution is 6.50. The zero-order valence-electron chi connectivity index (χ0n) is 14.7. The lowest BCUT2D eigenvalue weighted by Crippen LogP contribution is -2.48. The highest BCUT2D eigenvalue weighted by Gasteiger charge is 2.54. The summed E-state index contributed by atoms with van der Waals surface area (Å²) in [5, 5.41) is 10.7. The number of hydrogen-bond donors (Lipinski definition) is 1. The maximum absolute atomic E-state index is 12.9. The minimum atomic E-state index is -0.509. The minimum absolute atomic E-state index is 0.00742. The lowest BCUT2D eigenvalue weighted by molar-refractivity contribution is -0.134. The molecule has 0 radical (unpaired) electrons. The number of fused-ring (bicyclic) bond motifs is 2. The van der Waals surface area contributed by atoms with Gasteiger partial charge >= 0.3 is 0 Å². The summed E-state index contributed by atoms with van der Waals surface area (Å²) in [6.45, 7) is 10.2. The molecule has 0 aromatic rings. The van der Waals surface area contributed by atoms with E-state index in [-0.39, 0.29) is 28.3 Å². The second-order valence-electron chi connectivity index (χ2n) is 8.37. The summed E-state index contributed by atoms with van der Waals surface area (Å²) in [5.41, 5.74) is 1.23. The van der Waals surface area contributed by atoms with E-state index in [2.05, 4.69) is 32.9 Å². The Bertz CT molecular complexity index is 688. The van der Waals surface area contributed by atoms with Crippen LogP contribution in [-0.2, 0) is 9.59 Å². The summed E-state index contributed by atoms with van der Waals surface area (Å²) < 4.78 is 0. The predicted molar refractivity (Wildman–Crippen MR) is 89.9 cm³/mol. The maximum atomic E-state index is 12.9. The van der Waals surface area contributed by atoms with Crippen LogP contribution in [0.1, 0.15) is 53.9 Å². The van der Waals surface area contributed by atoms with Gasteiger partial charge in [-0.25, -0.2) is 0 Å². The van der Waals surface area contributed by atoms with Gasteiger partial charge in [0.2, 0.25) is 11.6 Å². The molecule has 1 N–H and O–H groups in total. The number of rotatable bonds is 1. The van der Waals surface area contributed by atoms with Crippen molar-refractivity contribution in [3.8, 4) is 0 Å². The summed E-state index contributed by atoms with van der Waals surface area (Å²) in [4.78, 5) is 25.5. The van der Waals surface area contributed by atoms with Crippen LogP contribution in [0.4, 0.5) is 0 Å². The molecule has 0 saturated carbocycles. The Morgan fingerprint density at radius 2 is 1.83 bits per heavy atom. The molecule has 0 aromatic carbocycles. The van der Waals surface area contributed by atoms with Gasteiger partial charge in [0.25, 0.3) is 0 Å². The molecule has 0 amide bonds. The molecule has 2 atom stereocenters. The van der Waals surface area contributed by atoms with E-state index in [0.717, 1.165) is 18.4 Å². The van der Waals surface area contributed by atoms with Crippen LogP contribution in [0.2, 0.25) is 0 Å². The third-order valence-corrected chi connectivity index (χ3v) is 6.11. The Hall–Kier alpha value is -1.64. The van der Waals surface area contributed by atoms with E-state index in [1.54, 1.807) is 0 Å². The number of hydrogen-bond acceptors (Lipinski definition) is 3. The molecule has 23 heavy (non-hydrogen) atoms. The van der Waals surface area contributed by atoms with E-state index in [9.17, 15) is 14.7 Å². The minimum Gasteiger partial charge on any atom is -0.507 e. The van der Waals surface area contributed by atoms with Gasteiger partial charge in [0.05, 0.1) is 0 Å². The fraction of sp³-hybridized carbons (Fsp3) is 0.600. The molecule has 0 saturated heterocycles. The van der Waals surface area contributed by atoms with Gasteiger partial charge in [-0.05, 0) is 36.5 Å². The second kappa shape index (κ2) is 4.93. The van der Waals surface area contributed by atoms with Gasteiger partial charge in [0, 0.05) is 22.1 Å². The molecule has 3 heteroatoms. The van der Waals surface area contributed by atoms with Gasteiger partial charge < -0.3 is 5.11 Å². The number of aliphatic hydroxyl groups is 1. The summed E-state index contributed by atoms with van der Waals surface area (Å²) >= 11 is 0. The van der Waals surface area contributed by atoms with Crippen molar-refractivity contribution in [2.75, 3.05) is 0 Å². The molecule has 0 heterocycles. The number of Topliss-reactive ketones (excluding diaryl/α,β-unsaturated/α-hetero) is 2. The SMILES string of the molecule is CC(C)C1=C(O)C2=C(C(=O)C1=O)[C@]1(C)CC=CC(C)(C)[C@@H]1CC2. The Kier molecular flexibility index (Phi) is 3.48. The third kappa shape index (κ3) is 2.09. The first kappa shape index (κ1) is 16.2. The number of carbonyl (C=O) groups is 2. The van der Waals surface area contributed by atoms with Crippen molar-refractivity contribution in [2.24, 2.45) is 22.7 Å². The Morgan fingerprint density at radius 1 is 1.17 bits per heavy atom. The van der Waals surface area contributed by atoms with Crippen LogP contribution in [0.15, 0.2) is 34.6 Å². The average molecular weight is 314 g/mol. The molecule has 3 nitrogen and oxygen atoms in total. The van der Waals surface area contributed by atoms with Gasteiger partial charge in [-0.15, -0.1) is 0 Å². The Morgan fingerprint density at radius 3 is 2.43 bits per heavy atom. The molecular formula is C20H26O3. The second-order valence-corrected chi connectivity index (χ2v) is 8.37.